The quantitative estimate of drug-likeness (QED) is 0.879. The van der Waals surface area contributed by atoms with Crippen molar-refractivity contribution in [3.05, 3.63) is 35.4 Å². The Hall–Kier alpha value is -1.35. The Morgan fingerprint density at radius 1 is 1.42 bits per heavy atom. The van der Waals surface area contributed by atoms with Crippen LogP contribution < -0.4 is 5.32 Å². The van der Waals surface area contributed by atoms with Crippen molar-refractivity contribution in [1.29, 1.82) is 0 Å². The molecule has 1 fully saturated rings. The molecule has 1 N–H and O–H groups in total. The lowest BCUT2D eigenvalue weighted by Crippen LogP contribution is -2.41. The molecule has 1 aliphatic heterocycles. The van der Waals surface area contributed by atoms with Gasteiger partial charge in [-0.1, -0.05) is 43.7 Å². The third kappa shape index (κ3) is 3.80. The Morgan fingerprint density at radius 2 is 2.21 bits per heavy atom. The number of hydrogen-bond acceptors (Lipinski definition) is 2. The van der Waals surface area contributed by atoms with Crippen LogP contribution in [0, 0.1) is 6.92 Å². The second-order valence-electron chi connectivity index (χ2n) is 5.73. The smallest absolute Gasteiger partial charge is 0.239 e. The Kier molecular flexibility index (Phi) is 4.59. The van der Waals surface area contributed by atoms with E-state index in [0.29, 0.717) is 6.04 Å². The van der Waals surface area contributed by atoms with Gasteiger partial charge in [0.15, 0.2) is 0 Å². The fraction of sp³-hybridized carbons (Fsp3) is 0.562. The van der Waals surface area contributed by atoms with E-state index in [4.69, 9.17) is 0 Å². The average molecular weight is 260 g/mol. The fourth-order valence-electron chi connectivity index (χ4n) is 2.65. The zero-order chi connectivity index (χ0) is 13.8. The number of likely N-dealkylation sites (tertiary alicyclic amines) is 1. The Bertz CT molecular complexity index is 442. The molecule has 1 aromatic carbocycles. The van der Waals surface area contributed by atoms with Crippen molar-refractivity contribution in [2.24, 2.45) is 0 Å². The molecule has 104 valence electrons. The first-order valence-corrected chi connectivity index (χ1v) is 7.16. The average Bonchev–Trinajstić information content (AvgIpc) is 2.68. The molecule has 1 amide bonds. The molecule has 19 heavy (non-hydrogen) atoms. The lowest BCUT2D eigenvalue weighted by Gasteiger charge is -2.18. The molecule has 3 heteroatoms. The van der Waals surface area contributed by atoms with E-state index in [1.165, 1.54) is 11.1 Å². The zero-order valence-corrected chi connectivity index (χ0v) is 12.1. The number of hydrogen-bond donors (Lipinski definition) is 1. The monoisotopic (exact) mass is 260 g/mol. The summed E-state index contributed by atoms with van der Waals surface area (Å²) in [6.07, 6.45) is 1.88. The Balaban J connectivity index is 1.86. The molecule has 0 saturated carbocycles. The van der Waals surface area contributed by atoms with Crippen LogP contribution in [0.2, 0.25) is 0 Å². The van der Waals surface area contributed by atoms with E-state index >= 15 is 0 Å². The first-order valence-electron chi connectivity index (χ1n) is 7.16. The summed E-state index contributed by atoms with van der Waals surface area (Å²) in [4.78, 5) is 14.2. The van der Waals surface area contributed by atoms with Crippen molar-refractivity contribution in [1.82, 2.24) is 10.2 Å². The topological polar surface area (TPSA) is 32.3 Å². The van der Waals surface area contributed by atoms with Crippen molar-refractivity contribution < 1.29 is 4.79 Å². The van der Waals surface area contributed by atoms with Crippen LogP contribution in [0.5, 0.6) is 0 Å². The van der Waals surface area contributed by atoms with Crippen molar-refractivity contribution >= 4 is 5.91 Å². The predicted molar refractivity (Wildman–Crippen MR) is 78.1 cm³/mol. The summed E-state index contributed by atoms with van der Waals surface area (Å²) in [6, 6.07) is 8.91. The number of nitrogens with zero attached hydrogens (tertiary/aromatic N) is 1. The molecule has 1 saturated heterocycles. The minimum Gasteiger partial charge on any atom is -0.341 e. The molecular formula is C16H24N2O. The standard InChI is InChI=1S/C16H24N2O/c1-12(2)17-15-8-10-18(16(15)19)9-7-14-6-4-5-13(3)11-14/h4-6,11-12,15,17H,7-10H2,1-3H3. The molecule has 1 heterocycles. The van der Waals surface area contributed by atoms with E-state index in [1.807, 2.05) is 4.90 Å². The normalized spacial score (nSPS) is 19.5. The van der Waals surface area contributed by atoms with Gasteiger partial charge >= 0.3 is 0 Å². The van der Waals surface area contributed by atoms with Crippen LogP contribution in [0.4, 0.5) is 0 Å². The third-order valence-electron chi connectivity index (χ3n) is 3.58. The van der Waals surface area contributed by atoms with E-state index < -0.39 is 0 Å². The number of carbonyl (C=O) groups is 1. The van der Waals surface area contributed by atoms with Crippen LogP contribution in [-0.2, 0) is 11.2 Å². The molecule has 0 aromatic heterocycles. The summed E-state index contributed by atoms with van der Waals surface area (Å²) in [5, 5.41) is 3.34. The fourth-order valence-corrected chi connectivity index (χ4v) is 2.65. The number of carbonyl (C=O) groups excluding carboxylic acids is 1. The summed E-state index contributed by atoms with van der Waals surface area (Å²) < 4.78 is 0. The molecule has 1 aromatic rings. The van der Waals surface area contributed by atoms with Crippen LogP contribution >= 0.6 is 0 Å². The van der Waals surface area contributed by atoms with Gasteiger partial charge in [-0.15, -0.1) is 0 Å². The van der Waals surface area contributed by atoms with E-state index in [0.717, 1.165) is 25.9 Å². The number of nitrogens with one attached hydrogen (secondary N) is 1. The number of aryl methyl sites for hydroxylation is 1. The van der Waals surface area contributed by atoms with E-state index in [-0.39, 0.29) is 11.9 Å². The van der Waals surface area contributed by atoms with Gasteiger partial charge < -0.3 is 10.2 Å². The molecule has 2 rings (SSSR count). The molecule has 3 nitrogen and oxygen atoms in total. The van der Waals surface area contributed by atoms with Gasteiger partial charge in [0, 0.05) is 19.1 Å². The summed E-state index contributed by atoms with van der Waals surface area (Å²) in [5.41, 5.74) is 2.60. The summed E-state index contributed by atoms with van der Waals surface area (Å²) >= 11 is 0. The molecule has 0 radical (unpaired) electrons. The highest BCUT2D eigenvalue weighted by molar-refractivity contribution is 5.84. The van der Waals surface area contributed by atoms with Crippen LogP contribution in [0.3, 0.4) is 0 Å². The highest BCUT2D eigenvalue weighted by atomic mass is 16.2. The van der Waals surface area contributed by atoms with Crippen molar-refractivity contribution in [2.45, 2.75) is 45.7 Å². The highest BCUT2D eigenvalue weighted by Gasteiger charge is 2.31. The second-order valence-corrected chi connectivity index (χ2v) is 5.73. The molecule has 1 unspecified atom stereocenters. The third-order valence-corrected chi connectivity index (χ3v) is 3.58. The van der Waals surface area contributed by atoms with Gasteiger partial charge in [0.25, 0.3) is 0 Å². The van der Waals surface area contributed by atoms with Crippen LogP contribution in [-0.4, -0.2) is 36.0 Å². The maximum atomic E-state index is 12.2. The SMILES string of the molecule is Cc1cccc(CCN2CCC(NC(C)C)C2=O)c1. The van der Waals surface area contributed by atoms with Gasteiger partial charge in [0.2, 0.25) is 5.91 Å². The van der Waals surface area contributed by atoms with Gasteiger partial charge in [0.1, 0.15) is 0 Å². The summed E-state index contributed by atoms with van der Waals surface area (Å²) in [5.74, 6) is 0.265. The van der Waals surface area contributed by atoms with E-state index in [2.05, 4.69) is 50.4 Å². The molecule has 1 aliphatic rings. The zero-order valence-electron chi connectivity index (χ0n) is 12.1. The predicted octanol–water partition coefficient (Wildman–Crippen LogP) is 2.14. The van der Waals surface area contributed by atoms with Crippen molar-refractivity contribution in [2.75, 3.05) is 13.1 Å². The first kappa shape index (κ1) is 14.1. The number of rotatable bonds is 5. The molecule has 1 atom stereocenters. The lowest BCUT2D eigenvalue weighted by atomic mass is 10.1. The molecule has 0 spiro atoms. The first-order chi connectivity index (χ1) is 9.06. The number of amides is 1. The minimum absolute atomic E-state index is 0.0255. The van der Waals surface area contributed by atoms with Gasteiger partial charge in [-0.25, -0.2) is 0 Å². The van der Waals surface area contributed by atoms with Crippen LogP contribution in [0.1, 0.15) is 31.4 Å². The Morgan fingerprint density at radius 3 is 2.89 bits per heavy atom. The van der Waals surface area contributed by atoms with Gasteiger partial charge in [-0.2, -0.15) is 0 Å². The van der Waals surface area contributed by atoms with Crippen molar-refractivity contribution in [3.63, 3.8) is 0 Å². The molecule has 0 aliphatic carbocycles. The Labute approximate surface area is 116 Å². The van der Waals surface area contributed by atoms with Crippen molar-refractivity contribution in [3.8, 4) is 0 Å². The summed E-state index contributed by atoms with van der Waals surface area (Å²) in [7, 11) is 0. The van der Waals surface area contributed by atoms with Crippen LogP contribution in [0.15, 0.2) is 24.3 Å². The van der Waals surface area contributed by atoms with Gasteiger partial charge in [-0.05, 0) is 25.3 Å². The van der Waals surface area contributed by atoms with E-state index in [1.54, 1.807) is 0 Å². The van der Waals surface area contributed by atoms with Crippen LogP contribution in [0.25, 0.3) is 0 Å². The summed E-state index contributed by atoms with van der Waals surface area (Å²) in [6.45, 7) is 7.99. The number of benzene rings is 1. The second kappa shape index (κ2) is 6.20. The maximum Gasteiger partial charge on any atom is 0.239 e. The highest BCUT2D eigenvalue weighted by Crippen LogP contribution is 2.13. The van der Waals surface area contributed by atoms with E-state index in [9.17, 15) is 4.79 Å². The maximum absolute atomic E-state index is 12.2. The largest absolute Gasteiger partial charge is 0.341 e. The minimum atomic E-state index is 0.0255. The molecular weight excluding hydrogens is 236 g/mol. The molecule has 0 bridgehead atoms. The lowest BCUT2D eigenvalue weighted by molar-refractivity contribution is -0.129. The van der Waals surface area contributed by atoms with Gasteiger partial charge in [0.05, 0.1) is 6.04 Å². The van der Waals surface area contributed by atoms with Gasteiger partial charge in [-0.3, -0.25) is 4.79 Å².